The quantitative estimate of drug-likeness (QED) is 0.375. The number of hydrogen-bond acceptors (Lipinski definition) is 6. The number of methoxy groups -OCH3 is 2. The lowest BCUT2D eigenvalue weighted by Gasteiger charge is -2.10. The first kappa shape index (κ1) is 20.1. The molecule has 0 saturated carbocycles. The minimum Gasteiger partial charge on any atom is -0.493 e. The molecule has 6 nitrogen and oxygen atoms in total. The maximum atomic E-state index is 13.4. The first-order valence-corrected chi connectivity index (χ1v) is 10.6. The van der Waals surface area contributed by atoms with Crippen LogP contribution >= 0.6 is 0 Å². The van der Waals surface area contributed by atoms with Gasteiger partial charge in [0.05, 0.1) is 14.2 Å². The third kappa shape index (κ3) is 2.56. The van der Waals surface area contributed by atoms with E-state index in [9.17, 15) is 19.2 Å². The van der Waals surface area contributed by atoms with Gasteiger partial charge < -0.3 is 9.47 Å². The summed E-state index contributed by atoms with van der Waals surface area (Å²) in [6.07, 6.45) is 0. The van der Waals surface area contributed by atoms with Gasteiger partial charge in [-0.1, -0.05) is 24.3 Å². The van der Waals surface area contributed by atoms with Crippen LogP contribution in [0.15, 0.2) is 79.8 Å². The van der Waals surface area contributed by atoms with Gasteiger partial charge in [0.25, 0.3) is 0 Å². The van der Waals surface area contributed by atoms with E-state index in [4.69, 9.17) is 9.47 Å². The fourth-order valence-corrected chi connectivity index (χ4v) is 4.82. The molecule has 164 valence electrons. The lowest BCUT2D eigenvalue weighted by molar-refractivity contribution is 0.356. The second-order valence-corrected chi connectivity index (χ2v) is 8.26. The van der Waals surface area contributed by atoms with Crippen LogP contribution in [0.25, 0.3) is 53.9 Å². The highest BCUT2D eigenvalue weighted by molar-refractivity contribution is 6.10. The van der Waals surface area contributed by atoms with Crippen molar-refractivity contribution >= 4 is 53.9 Å². The molecule has 0 aliphatic rings. The summed E-state index contributed by atoms with van der Waals surface area (Å²) in [7, 11) is 2.92. The minimum atomic E-state index is -0.321. The van der Waals surface area contributed by atoms with Crippen molar-refractivity contribution < 1.29 is 9.47 Å². The molecule has 0 spiro atoms. The average Bonchev–Trinajstić information content (AvgIpc) is 2.87. The largest absolute Gasteiger partial charge is 0.493 e. The highest BCUT2D eigenvalue weighted by atomic mass is 16.5. The van der Waals surface area contributed by atoms with Gasteiger partial charge in [0.15, 0.2) is 33.2 Å². The molecule has 0 fully saturated rings. The van der Waals surface area contributed by atoms with E-state index in [0.717, 1.165) is 0 Å². The standard InChI is InChI=1S/C28H16O6/c1-33-23-11-21-22(12-24(23)34-2)28(32)20-10-14-8-18-17(7-13(14)9-19(20)27(21)31)25(29)15-5-3-4-6-16(15)26(18)30/h3-12H,1-2H3. The Morgan fingerprint density at radius 3 is 1.06 bits per heavy atom. The van der Waals surface area contributed by atoms with E-state index in [1.54, 1.807) is 48.5 Å². The third-order valence-electron chi connectivity index (χ3n) is 6.52. The lowest BCUT2D eigenvalue weighted by atomic mass is 9.95. The monoisotopic (exact) mass is 448 g/mol. The molecule has 6 heteroatoms. The van der Waals surface area contributed by atoms with Crippen molar-refractivity contribution in [2.45, 2.75) is 0 Å². The smallest absolute Gasteiger partial charge is 0.194 e. The first-order chi connectivity index (χ1) is 16.4. The number of benzene rings is 6. The lowest BCUT2D eigenvalue weighted by Crippen LogP contribution is -2.14. The van der Waals surface area contributed by atoms with E-state index < -0.39 is 0 Å². The van der Waals surface area contributed by atoms with Gasteiger partial charge >= 0.3 is 0 Å². The second kappa shape index (κ2) is 6.96. The molecule has 0 aliphatic carbocycles. The maximum Gasteiger partial charge on any atom is 0.194 e. The molecular formula is C28H16O6. The molecular weight excluding hydrogens is 432 g/mol. The van der Waals surface area contributed by atoms with Crippen LogP contribution in [-0.4, -0.2) is 14.2 Å². The zero-order chi connectivity index (χ0) is 23.7. The summed E-state index contributed by atoms with van der Waals surface area (Å²) in [5.41, 5.74) is -1.13. The Balaban J connectivity index is 1.80. The van der Waals surface area contributed by atoms with E-state index in [2.05, 4.69) is 0 Å². The van der Waals surface area contributed by atoms with Crippen LogP contribution in [0.5, 0.6) is 11.5 Å². The van der Waals surface area contributed by atoms with E-state index >= 15 is 0 Å². The number of fused-ring (bicyclic) bond motifs is 5. The van der Waals surface area contributed by atoms with Gasteiger partial charge in [0.2, 0.25) is 0 Å². The molecule has 0 unspecified atom stereocenters. The molecule has 6 aromatic rings. The normalized spacial score (nSPS) is 11.7. The van der Waals surface area contributed by atoms with E-state index in [-0.39, 0.29) is 54.0 Å². The number of rotatable bonds is 2. The molecule has 0 radical (unpaired) electrons. The Bertz CT molecular complexity index is 1920. The summed E-state index contributed by atoms with van der Waals surface area (Å²) < 4.78 is 10.6. The van der Waals surface area contributed by atoms with Gasteiger partial charge in [-0.2, -0.15) is 0 Å². The molecule has 0 aliphatic heterocycles. The Morgan fingerprint density at radius 2 is 0.735 bits per heavy atom. The Hall–Kier alpha value is -4.58. The Labute approximate surface area is 190 Å². The van der Waals surface area contributed by atoms with Crippen molar-refractivity contribution in [3.05, 3.63) is 102 Å². The van der Waals surface area contributed by atoms with Crippen LogP contribution in [0.2, 0.25) is 0 Å². The predicted molar refractivity (Wildman–Crippen MR) is 135 cm³/mol. The molecule has 34 heavy (non-hydrogen) atoms. The molecule has 0 aromatic heterocycles. The minimum absolute atomic E-state index is 0.229. The van der Waals surface area contributed by atoms with Crippen molar-refractivity contribution in [3.8, 4) is 11.5 Å². The maximum absolute atomic E-state index is 13.4. The third-order valence-corrected chi connectivity index (χ3v) is 6.52. The van der Waals surface area contributed by atoms with Gasteiger partial charge in [-0.05, 0) is 47.2 Å². The van der Waals surface area contributed by atoms with E-state index in [1.807, 2.05) is 0 Å². The predicted octanol–water partition coefficient (Wildman–Crippen LogP) is 3.79. The summed E-state index contributed by atoms with van der Waals surface area (Å²) in [6, 6.07) is 16.2. The molecule has 6 aromatic carbocycles. The summed E-state index contributed by atoms with van der Waals surface area (Å²) in [5, 5.41) is 3.44. The number of ether oxygens (including phenoxy) is 2. The SMILES string of the molecule is COc1cc2c(=O)c3cc4cc5c(=O)c6ccccc6c(=O)c5cc4cc3c(=O)c2cc1OC. The van der Waals surface area contributed by atoms with Gasteiger partial charge in [-0.15, -0.1) is 0 Å². The molecule has 0 atom stereocenters. The highest BCUT2D eigenvalue weighted by Crippen LogP contribution is 2.31. The molecule has 0 saturated heterocycles. The van der Waals surface area contributed by atoms with Gasteiger partial charge in [-0.25, -0.2) is 0 Å². The first-order valence-electron chi connectivity index (χ1n) is 10.6. The van der Waals surface area contributed by atoms with Crippen LogP contribution in [0, 0.1) is 0 Å². The highest BCUT2D eigenvalue weighted by Gasteiger charge is 2.17. The fraction of sp³-hybridized carbons (Fsp3) is 0.0714. The Kier molecular flexibility index (Phi) is 4.10. The molecule has 0 N–H and O–H groups in total. The van der Waals surface area contributed by atoms with Crippen LogP contribution in [0.3, 0.4) is 0 Å². The van der Waals surface area contributed by atoms with Crippen molar-refractivity contribution in [2.24, 2.45) is 0 Å². The average molecular weight is 448 g/mol. The molecule has 0 heterocycles. The topological polar surface area (TPSA) is 86.7 Å². The zero-order valence-electron chi connectivity index (χ0n) is 18.2. The second-order valence-electron chi connectivity index (χ2n) is 8.26. The fourth-order valence-electron chi connectivity index (χ4n) is 4.82. The summed E-state index contributed by atoms with van der Waals surface area (Å²) >= 11 is 0. The molecule has 0 bridgehead atoms. The van der Waals surface area contributed by atoms with Crippen LogP contribution < -0.4 is 31.2 Å². The van der Waals surface area contributed by atoms with Crippen molar-refractivity contribution in [2.75, 3.05) is 14.2 Å². The van der Waals surface area contributed by atoms with Crippen molar-refractivity contribution in [1.29, 1.82) is 0 Å². The van der Waals surface area contributed by atoms with Crippen LogP contribution in [0.4, 0.5) is 0 Å². The summed E-state index contributed by atoms with van der Waals surface area (Å²) in [4.78, 5) is 52.9. The Morgan fingerprint density at radius 1 is 0.441 bits per heavy atom. The molecule has 0 amide bonds. The van der Waals surface area contributed by atoms with E-state index in [1.165, 1.54) is 26.4 Å². The van der Waals surface area contributed by atoms with Crippen LogP contribution in [0.1, 0.15) is 0 Å². The van der Waals surface area contributed by atoms with Crippen LogP contribution in [-0.2, 0) is 0 Å². The zero-order valence-corrected chi connectivity index (χ0v) is 18.2. The molecule has 6 rings (SSSR count). The van der Waals surface area contributed by atoms with E-state index in [0.29, 0.717) is 33.0 Å². The summed E-state index contributed by atoms with van der Waals surface area (Å²) in [6.45, 7) is 0. The number of hydrogen-bond donors (Lipinski definition) is 0. The van der Waals surface area contributed by atoms with Gasteiger partial charge in [0, 0.05) is 43.1 Å². The van der Waals surface area contributed by atoms with Gasteiger partial charge in [0.1, 0.15) is 0 Å². The van der Waals surface area contributed by atoms with Crippen molar-refractivity contribution in [1.82, 2.24) is 0 Å². The van der Waals surface area contributed by atoms with Gasteiger partial charge in [-0.3, -0.25) is 19.2 Å². The summed E-state index contributed by atoms with van der Waals surface area (Å²) in [5.74, 6) is 0.701. The van der Waals surface area contributed by atoms with Crippen molar-refractivity contribution in [3.63, 3.8) is 0 Å².